The fourth-order valence-electron chi connectivity index (χ4n) is 3.98. The lowest BCUT2D eigenvalue weighted by Crippen LogP contribution is -2.29. The van der Waals surface area contributed by atoms with Crippen LogP contribution in [0.4, 0.5) is 10.8 Å². The highest BCUT2D eigenvalue weighted by atomic mass is 32.1. The molecule has 5 aromatic rings. The van der Waals surface area contributed by atoms with E-state index in [9.17, 15) is 14.4 Å². The lowest BCUT2D eigenvalue weighted by atomic mass is 10.1. The Hall–Kier alpha value is -4.36. The first-order chi connectivity index (χ1) is 16.1. The predicted molar refractivity (Wildman–Crippen MR) is 129 cm³/mol. The van der Waals surface area contributed by atoms with Crippen molar-refractivity contribution < 1.29 is 14.4 Å². The summed E-state index contributed by atoms with van der Waals surface area (Å²) in [5.74, 6) is -1.02. The van der Waals surface area contributed by atoms with E-state index in [1.165, 1.54) is 11.3 Å². The molecule has 158 valence electrons. The maximum absolute atomic E-state index is 12.9. The molecule has 0 radical (unpaired) electrons. The number of nitrogens with one attached hydrogen (secondary N) is 1. The molecular formula is C26H15N3O3S. The zero-order chi connectivity index (χ0) is 22.5. The largest absolute Gasteiger partial charge is 0.322 e. The second-order valence-electron chi connectivity index (χ2n) is 7.69. The van der Waals surface area contributed by atoms with E-state index in [1.54, 1.807) is 42.5 Å². The Labute approximate surface area is 192 Å². The number of aromatic nitrogens is 1. The van der Waals surface area contributed by atoms with Crippen LogP contribution in [0.2, 0.25) is 0 Å². The lowest BCUT2D eigenvalue weighted by Gasteiger charge is -2.08. The van der Waals surface area contributed by atoms with Gasteiger partial charge in [0.15, 0.2) is 0 Å². The van der Waals surface area contributed by atoms with Gasteiger partial charge in [-0.2, -0.15) is 0 Å². The van der Waals surface area contributed by atoms with Crippen LogP contribution in [-0.2, 0) is 0 Å². The Morgan fingerprint density at radius 2 is 1.48 bits per heavy atom. The van der Waals surface area contributed by atoms with E-state index in [-0.39, 0.29) is 17.7 Å². The van der Waals surface area contributed by atoms with Crippen molar-refractivity contribution in [3.05, 3.63) is 102 Å². The molecule has 0 atom stereocenters. The molecular weight excluding hydrogens is 434 g/mol. The molecule has 0 unspecified atom stereocenters. The van der Waals surface area contributed by atoms with Gasteiger partial charge in [0.25, 0.3) is 17.7 Å². The average molecular weight is 449 g/mol. The molecule has 7 heteroatoms. The Balaban J connectivity index is 1.29. The number of carbonyl (C=O) groups is 3. The third kappa shape index (κ3) is 3.18. The van der Waals surface area contributed by atoms with E-state index < -0.39 is 0 Å². The highest BCUT2D eigenvalue weighted by Gasteiger charge is 2.38. The number of anilines is 2. The van der Waals surface area contributed by atoms with Gasteiger partial charge in [-0.05, 0) is 53.2 Å². The normalized spacial score (nSPS) is 13.0. The van der Waals surface area contributed by atoms with Crippen LogP contribution in [0.1, 0.15) is 31.1 Å². The molecule has 6 rings (SSSR count). The van der Waals surface area contributed by atoms with Crippen LogP contribution >= 0.6 is 11.3 Å². The van der Waals surface area contributed by atoms with Crippen molar-refractivity contribution >= 4 is 60.9 Å². The number of thiazole rings is 1. The number of rotatable bonds is 3. The first-order valence-corrected chi connectivity index (χ1v) is 11.1. The summed E-state index contributed by atoms with van der Waals surface area (Å²) in [4.78, 5) is 44.0. The van der Waals surface area contributed by atoms with Crippen molar-refractivity contribution in [2.75, 3.05) is 10.2 Å². The zero-order valence-electron chi connectivity index (χ0n) is 17.1. The molecule has 0 saturated carbocycles. The fraction of sp³-hybridized carbons (Fsp3) is 0. The fourth-order valence-corrected chi connectivity index (χ4v) is 4.98. The molecule has 0 saturated heterocycles. The molecule has 1 aromatic heterocycles. The molecule has 0 spiro atoms. The second kappa shape index (κ2) is 7.36. The highest BCUT2D eigenvalue weighted by Crippen LogP contribution is 2.34. The second-order valence-corrected chi connectivity index (χ2v) is 8.70. The summed E-state index contributed by atoms with van der Waals surface area (Å²) in [5.41, 5.74) is 2.53. The van der Waals surface area contributed by atoms with Crippen molar-refractivity contribution in [1.29, 1.82) is 0 Å². The molecule has 33 heavy (non-hydrogen) atoms. The third-order valence-corrected chi connectivity index (χ3v) is 6.64. The van der Waals surface area contributed by atoms with Gasteiger partial charge in [-0.3, -0.25) is 14.4 Å². The molecule has 4 aromatic carbocycles. The standard InChI is InChI=1S/C26H15N3O3S/c30-23(27-18-11-9-15-5-1-2-6-16(15)13-18)17-10-12-21-22(14-17)33-26(28-21)29-24(31)19-7-3-4-8-20(19)25(29)32/h1-14H,(H,27,30). The average Bonchev–Trinajstić information content (AvgIpc) is 3.36. The lowest BCUT2D eigenvalue weighted by molar-refractivity contribution is 0.0925. The van der Waals surface area contributed by atoms with E-state index >= 15 is 0 Å². The van der Waals surface area contributed by atoms with Crippen molar-refractivity contribution in [2.24, 2.45) is 0 Å². The molecule has 0 fully saturated rings. The monoisotopic (exact) mass is 449 g/mol. The number of fused-ring (bicyclic) bond motifs is 3. The van der Waals surface area contributed by atoms with Gasteiger partial charge >= 0.3 is 0 Å². The Morgan fingerprint density at radius 3 is 2.24 bits per heavy atom. The maximum Gasteiger partial charge on any atom is 0.268 e. The molecule has 6 nitrogen and oxygen atoms in total. The summed E-state index contributed by atoms with van der Waals surface area (Å²) in [5, 5.41) is 5.36. The molecule has 1 aliphatic heterocycles. The minimum Gasteiger partial charge on any atom is -0.322 e. The SMILES string of the molecule is O=C(Nc1ccc2ccccc2c1)c1ccc2nc(N3C(=O)c4ccccc4C3=O)sc2c1. The summed E-state index contributed by atoms with van der Waals surface area (Å²) in [6.45, 7) is 0. The number of nitrogens with zero attached hydrogens (tertiary/aromatic N) is 2. The predicted octanol–water partition coefficient (Wildman–Crippen LogP) is 5.50. The van der Waals surface area contributed by atoms with E-state index in [2.05, 4.69) is 10.3 Å². The van der Waals surface area contributed by atoms with Gasteiger partial charge < -0.3 is 5.32 Å². The summed E-state index contributed by atoms with van der Waals surface area (Å²) in [7, 11) is 0. The molecule has 0 aliphatic carbocycles. The van der Waals surface area contributed by atoms with Crippen LogP contribution < -0.4 is 10.2 Å². The van der Waals surface area contributed by atoms with Crippen molar-refractivity contribution in [3.63, 3.8) is 0 Å². The number of hydrogen-bond acceptors (Lipinski definition) is 5. The number of carbonyl (C=O) groups excluding carboxylic acids is 3. The summed E-state index contributed by atoms with van der Waals surface area (Å²) < 4.78 is 0.715. The maximum atomic E-state index is 12.9. The van der Waals surface area contributed by atoms with Gasteiger partial charge in [-0.15, -0.1) is 0 Å². The van der Waals surface area contributed by atoms with E-state index in [1.807, 2.05) is 42.5 Å². The molecule has 1 N–H and O–H groups in total. The minimum absolute atomic E-state index is 0.247. The summed E-state index contributed by atoms with van der Waals surface area (Å²) in [6.07, 6.45) is 0. The number of benzene rings is 4. The number of imide groups is 1. The molecule has 1 aliphatic rings. The number of hydrogen-bond donors (Lipinski definition) is 1. The number of amides is 3. The van der Waals surface area contributed by atoms with E-state index in [4.69, 9.17) is 0 Å². The Bertz CT molecular complexity index is 1590. The van der Waals surface area contributed by atoms with E-state index in [0.717, 1.165) is 15.7 Å². The molecule has 0 bridgehead atoms. The smallest absolute Gasteiger partial charge is 0.268 e. The Kier molecular flexibility index (Phi) is 4.31. The first kappa shape index (κ1) is 19.3. The van der Waals surface area contributed by atoms with Crippen LogP contribution in [0, 0.1) is 0 Å². The van der Waals surface area contributed by atoms with Gasteiger partial charge in [-0.25, -0.2) is 9.88 Å². The van der Waals surface area contributed by atoms with Crippen LogP contribution in [-0.4, -0.2) is 22.7 Å². The quantitative estimate of drug-likeness (QED) is 0.369. The van der Waals surface area contributed by atoms with Crippen molar-refractivity contribution in [1.82, 2.24) is 4.98 Å². The van der Waals surface area contributed by atoms with Crippen LogP contribution in [0.5, 0.6) is 0 Å². The third-order valence-electron chi connectivity index (χ3n) is 5.63. The van der Waals surface area contributed by atoms with Gasteiger partial charge in [0, 0.05) is 11.3 Å². The van der Waals surface area contributed by atoms with Crippen molar-refractivity contribution in [2.45, 2.75) is 0 Å². The van der Waals surface area contributed by atoms with Gasteiger partial charge in [0.05, 0.1) is 21.3 Å². The summed E-state index contributed by atoms with van der Waals surface area (Å²) >= 11 is 1.21. The van der Waals surface area contributed by atoms with Gasteiger partial charge in [-0.1, -0.05) is 53.8 Å². The molecule has 3 amide bonds. The van der Waals surface area contributed by atoms with E-state index in [0.29, 0.717) is 37.7 Å². The van der Waals surface area contributed by atoms with Crippen LogP contribution in [0.15, 0.2) is 84.9 Å². The van der Waals surface area contributed by atoms with Gasteiger partial charge in [0.1, 0.15) is 0 Å². The highest BCUT2D eigenvalue weighted by molar-refractivity contribution is 7.22. The van der Waals surface area contributed by atoms with Crippen LogP contribution in [0.25, 0.3) is 21.0 Å². The van der Waals surface area contributed by atoms with Gasteiger partial charge in [0.2, 0.25) is 5.13 Å². The first-order valence-electron chi connectivity index (χ1n) is 10.3. The molecule has 2 heterocycles. The Morgan fingerprint density at radius 1 is 0.788 bits per heavy atom. The van der Waals surface area contributed by atoms with Crippen molar-refractivity contribution in [3.8, 4) is 0 Å². The summed E-state index contributed by atoms with van der Waals surface area (Å²) in [6, 6.07) is 25.6. The van der Waals surface area contributed by atoms with Crippen LogP contribution in [0.3, 0.4) is 0 Å². The minimum atomic E-state index is -0.385. The topological polar surface area (TPSA) is 79.4 Å². The zero-order valence-corrected chi connectivity index (χ0v) is 17.9.